The van der Waals surface area contributed by atoms with Crippen molar-refractivity contribution in [2.75, 3.05) is 6.54 Å². The van der Waals surface area contributed by atoms with Crippen LogP contribution in [0.4, 0.5) is 13.2 Å². The van der Waals surface area contributed by atoms with Crippen LogP contribution >= 0.6 is 0 Å². The number of aliphatic imine (C=N–C) groups is 1. The fraction of sp³-hybridized carbons (Fsp3) is 0.167. The van der Waals surface area contributed by atoms with E-state index in [1.165, 1.54) is 30.3 Å². The van der Waals surface area contributed by atoms with Crippen LogP contribution in [0.2, 0.25) is 0 Å². The summed E-state index contributed by atoms with van der Waals surface area (Å²) in [5.74, 6) is -3.21. The third-order valence-electron chi connectivity index (χ3n) is 3.88. The summed E-state index contributed by atoms with van der Waals surface area (Å²) in [7, 11) is 0. The zero-order valence-electron chi connectivity index (χ0n) is 13.9. The molecule has 0 unspecified atom stereocenters. The fourth-order valence-electron chi connectivity index (χ4n) is 2.64. The summed E-state index contributed by atoms with van der Waals surface area (Å²) >= 11 is 0. The molecular formula is C18H14F3N3O3. The minimum absolute atomic E-state index is 0.207. The lowest BCUT2D eigenvalue weighted by Crippen LogP contribution is -2.63. The number of amidine groups is 1. The summed E-state index contributed by atoms with van der Waals surface area (Å²) in [6, 6.07) is 10.4. The van der Waals surface area contributed by atoms with Crippen LogP contribution in [-0.2, 0) is 4.79 Å². The molecule has 9 heteroatoms. The number of alkyl halides is 3. The van der Waals surface area contributed by atoms with Gasteiger partial charge in [0.15, 0.2) is 5.76 Å². The van der Waals surface area contributed by atoms with Crippen LogP contribution in [0.1, 0.15) is 16.1 Å². The topological polar surface area (TPSA) is 74.9 Å². The summed E-state index contributed by atoms with van der Waals surface area (Å²) in [6.45, 7) is 3.26. The average molecular weight is 377 g/mol. The van der Waals surface area contributed by atoms with E-state index in [1.54, 1.807) is 23.5 Å². The van der Waals surface area contributed by atoms with Crippen molar-refractivity contribution < 1.29 is 27.2 Å². The van der Waals surface area contributed by atoms with Crippen LogP contribution in [-0.4, -0.2) is 40.9 Å². The normalized spacial score (nSPS) is 19.7. The number of hydrogen-bond donors (Lipinski definition) is 1. The summed E-state index contributed by atoms with van der Waals surface area (Å²) in [6.07, 6.45) is -2.77. The maximum atomic E-state index is 13.9. The van der Waals surface area contributed by atoms with E-state index in [4.69, 9.17) is 4.42 Å². The molecule has 1 aromatic heterocycles. The second-order valence-electron chi connectivity index (χ2n) is 5.65. The lowest BCUT2D eigenvalue weighted by atomic mass is 10.1. The van der Waals surface area contributed by atoms with Gasteiger partial charge in [-0.3, -0.25) is 14.5 Å². The molecule has 6 nitrogen and oxygen atoms in total. The van der Waals surface area contributed by atoms with Crippen molar-refractivity contribution >= 4 is 17.6 Å². The number of halogens is 3. The molecule has 27 heavy (non-hydrogen) atoms. The molecular weight excluding hydrogens is 363 g/mol. The Bertz CT molecular complexity index is 892. The Hall–Kier alpha value is -3.36. The van der Waals surface area contributed by atoms with Crippen molar-refractivity contribution in [1.29, 1.82) is 0 Å². The van der Waals surface area contributed by atoms with Gasteiger partial charge in [-0.2, -0.15) is 13.2 Å². The second kappa shape index (κ2) is 6.75. The fourth-order valence-corrected chi connectivity index (χ4v) is 2.64. The lowest BCUT2D eigenvalue weighted by molar-refractivity contribution is -0.196. The highest BCUT2D eigenvalue weighted by Crippen LogP contribution is 2.38. The summed E-state index contributed by atoms with van der Waals surface area (Å²) in [4.78, 5) is 29.4. The molecule has 1 atom stereocenters. The maximum Gasteiger partial charge on any atom is 0.442 e. The van der Waals surface area contributed by atoms with E-state index in [1.807, 2.05) is 0 Å². The molecule has 0 bridgehead atoms. The lowest BCUT2D eigenvalue weighted by Gasteiger charge is -2.28. The van der Waals surface area contributed by atoms with Gasteiger partial charge in [0.2, 0.25) is 0 Å². The largest absolute Gasteiger partial charge is 0.459 e. The van der Waals surface area contributed by atoms with Crippen molar-refractivity contribution in [1.82, 2.24) is 10.2 Å². The zero-order chi connectivity index (χ0) is 19.7. The molecule has 0 saturated carbocycles. The number of rotatable bonds is 5. The number of carbonyl (C=O) groups excluding carboxylic acids is 2. The minimum atomic E-state index is -5.18. The predicted octanol–water partition coefficient (Wildman–Crippen LogP) is 2.74. The Morgan fingerprint density at radius 1 is 1.26 bits per heavy atom. The van der Waals surface area contributed by atoms with Gasteiger partial charge in [-0.25, -0.2) is 4.99 Å². The van der Waals surface area contributed by atoms with Gasteiger partial charge < -0.3 is 9.73 Å². The van der Waals surface area contributed by atoms with E-state index in [9.17, 15) is 22.8 Å². The number of nitrogens with one attached hydrogen (secondary N) is 1. The molecule has 2 heterocycles. The van der Waals surface area contributed by atoms with E-state index in [-0.39, 0.29) is 18.1 Å². The molecule has 0 saturated heterocycles. The van der Waals surface area contributed by atoms with E-state index >= 15 is 0 Å². The number of benzene rings is 1. The van der Waals surface area contributed by atoms with E-state index < -0.39 is 23.7 Å². The predicted molar refractivity (Wildman–Crippen MR) is 89.8 cm³/mol. The first kappa shape index (κ1) is 18.4. The third-order valence-corrected chi connectivity index (χ3v) is 3.88. The van der Waals surface area contributed by atoms with Gasteiger partial charge in [0.25, 0.3) is 11.8 Å². The van der Waals surface area contributed by atoms with E-state index in [0.717, 1.165) is 11.2 Å². The van der Waals surface area contributed by atoms with Gasteiger partial charge in [-0.05, 0) is 12.1 Å². The van der Waals surface area contributed by atoms with Crippen molar-refractivity contribution in [3.05, 3.63) is 72.7 Å². The Kier molecular flexibility index (Phi) is 4.61. The molecule has 0 spiro atoms. The first-order chi connectivity index (χ1) is 12.8. The summed E-state index contributed by atoms with van der Waals surface area (Å²) < 4.78 is 46.7. The molecule has 0 aliphatic carbocycles. The highest BCUT2D eigenvalue weighted by molar-refractivity contribution is 6.16. The number of furan rings is 1. The summed E-state index contributed by atoms with van der Waals surface area (Å²) in [5.41, 5.74) is -3.16. The van der Waals surface area contributed by atoms with E-state index in [2.05, 4.69) is 11.6 Å². The standard InChI is InChI=1S/C18H14F3N3O3/c1-2-10-24-14(12-7-4-3-5-8-12)22-17(16(24)26,18(19,20)21)23-15(25)13-9-6-11-27-13/h2-9,11H,1,10H2,(H,23,25)/t17-/m1/s1. The molecule has 1 aromatic carbocycles. The van der Waals surface area contributed by atoms with Crippen LogP contribution in [0.5, 0.6) is 0 Å². The van der Waals surface area contributed by atoms with Crippen LogP contribution in [0, 0.1) is 0 Å². The molecule has 2 amide bonds. The van der Waals surface area contributed by atoms with Gasteiger partial charge in [0.05, 0.1) is 6.26 Å². The van der Waals surface area contributed by atoms with Gasteiger partial charge in [0, 0.05) is 12.1 Å². The third kappa shape index (κ3) is 3.12. The van der Waals surface area contributed by atoms with Crippen LogP contribution in [0.3, 0.4) is 0 Å². The molecule has 0 radical (unpaired) electrons. The SMILES string of the molecule is C=CCN1C(=O)[C@@](NC(=O)c2ccco2)(C(F)(F)F)N=C1c1ccccc1. The quantitative estimate of drug-likeness (QED) is 0.815. The first-order valence-corrected chi connectivity index (χ1v) is 7.81. The monoisotopic (exact) mass is 377 g/mol. The molecule has 1 N–H and O–H groups in total. The number of hydrogen-bond acceptors (Lipinski definition) is 4. The van der Waals surface area contributed by atoms with Gasteiger partial charge in [-0.15, -0.1) is 6.58 Å². The number of carbonyl (C=O) groups is 2. The average Bonchev–Trinajstić information content (AvgIpc) is 3.25. The number of nitrogens with zero attached hydrogens (tertiary/aromatic N) is 2. The van der Waals surface area contributed by atoms with Gasteiger partial charge in [-0.1, -0.05) is 36.4 Å². The second-order valence-corrected chi connectivity index (χ2v) is 5.65. The van der Waals surface area contributed by atoms with Crippen molar-refractivity contribution in [3.63, 3.8) is 0 Å². The molecule has 0 fully saturated rings. The molecule has 2 aromatic rings. The van der Waals surface area contributed by atoms with Crippen LogP contribution in [0.25, 0.3) is 0 Å². The number of amides is 2. The smallest absolute Gasteiger partial charge is 0.442 e. The Morgan fingerprint density at radius 3 is 2.52 bits per heavy atom. The highest BCUT2D eigenvalue weighted by Gasteiger charge is 2.67. The van der Waals surface area contributed by atoms with Crippen molar-refractivity contribution in [2.45, 2.75) is 11.8 Å². The Balaban J connectivity index is 2.11. The Morgan fingerprint density at radius 2 is 1.96 bits per heavy atom. The van der Waals surface area contributed by atoms with Gasteiger partial charge in [0.1, 0.15) is 5.84 Å². The van der Waals surface area contributed by atoms with Crippen LogP contribution < -0.4 is 5.32 Å². The van der Waals surface area contributed by atoms with Crippen LogP contribution in [0.15, 0.2) is 70.8 Å². The maximum absolute atomic E-state index is 13.9. The Labute approximate surface area is 152 Å². The van der Waals surface area contributed by atoms with Gasteiger partial charge >= 0.3 is 11.8 Å². The molecule has 1 aliphatic rings. The molecule has 1 aliphatic heterocycles. The zero-order valence-corrected chi connectivity index (χ0v) is 13.9. The summed E-state index contributed by atoms with van der Waals surface area (Å²) in [5, 5.41) is 1.70. The minimum Gasteiger partial charge on any atom is -0.459 e. The van der Waals surface area contributed by atoms with Crippen molar-refractivity contribution in [3.8, 4) is 0 Å². The van der Waals surface area contributed by atoms with E-state index in [0.29, 0.717) is 5.56 Å². The molecule has 3 rings (SSSR count). The first-order valence-electron chi connectivity index (χ1n) is 7.81. The molecule has 140 valence electrons. The van der Waals surface area contributed by atoms with Crippen molar-refractivity contribution in [2.24, 2.45) is 4.99 Å². The highest BCUT2D eigenvalue weighted by atomic mass is 19.4.